The van der Waals surface area contributed by atoms with Crippen LogP contribution in [-0.2, 0) is 6.54 Å². The van der Waals surface area contributed by atoms with Crippen molar-refractivity contribution in [3.8, 4) is 11.5 Å². The second-order valence-corrected chi connectivity index (χ2v) is 6.08. The van der Waals surface area contributed by atoms with Gasteiger partial charge in [-0.2, -0.15) is 4.98 Å². The zero-order valence-electron chi connectivity index (χ0n) is 13.9. The molecule has 24 heavy (non-hydrogen) atoms. The molecule has 0 aliphatic rings. The van der Waals surface area contributed by atoms with Gasteiger partial charge < -0.3 is 9.09 Å². The van der Waals surface area contributed by atoms with Gasteiger partial charge in [-0.15, -0.1) is 0 Å². The number of nitrogens with zero attached hydrogens (tertiary/aromatic N) is 5. The molecule has 0 amide bonds. The lowest BCUT2D eigenvalue weighted by Gasteiger charge is -2.08. The number of aromatic nitrogens is 5. The fraction of sp³-hybridized carbons (Fsp3) is 0.353. The molecule has 124 valence electrons. The van der Waals surface area contributed by atoms with Crippen molar-refractivity contribution >= 4 is 0 Å². The molecule has 3 aromatic heterocycles. The molecule has 3 aromatic rings. The van der Waals surface area contributed by atoms with Crippen LogP contribution in [0.5, 0.6) is 0 Å². The van der Waals surface area contributed by atoms with Crippen molar-refractivity contribution in [1.82, 2.24) is 24.7 Å². The highest BCUT2D eigenvalue weighted by Crippen LogP contribution is 2.21. The molecule has 0 fully saturated rings. The fourth-order valence-electron chi connectivity index (χ4n) is 2.42. The quantitative estimate of drug-likeness (QED) is 0.716. The predicted molar refractivity (Wildman–Crippen MR) is 88.4 cm³/mol. The minimum absolute atomic E-state index is 0.131. The predicted octanol–water partition coefficient (Wildman–Crippen LogP) is 2.50. The molecule has 0 bridgehead atoms. The van der Waals surface area contributed by atoms with Crippen LogP contribution in [0.25, 0.3) is 11.5 Å². The Kier molecular flexibility index (Phi) is 4.50. The summed E-state index contributed by atoms with van der Waals surface area (Å²) in [5.74, 6) is 0.902. The lowest BCUT2D eigenvalue weighted by molar-refractivity contribution is 0.418. The Labute approximate surface area is 139 Å². The summed E-state index contributed by atoms with van der Waals surface area (Å²) in [5, 5.41) is 4.00. The van der Waals surface area contributed by atoms with Crippen LogP contribution in [0.2, 0.25) is 0 Å². The zero-order valence-corrected chi connectivity index (χ0v) is 13.9. The lowest BCUT2D eigenvalue weighted by Crippen LogP contribution is -2.23. The van der Waals surface area contributed by atoms with E-state index in [0.717, 1.165) is 5.69 Å². The van der Waals surface area contributed by atoms with Crippen molar-refractivity contribution < 1.29 is 4.52 Å². The molecule has 0 radical (unpaired) electrons. The van der Waals surface area contributed by atoms with Crippen LogP contribution < -0.4 is 5.56 Å². The Morgan fingerprint density at radius 3 is 2.79 bits per heavy atom. The first-order valence-corrected chi connectivity index (χ1v) is 7.85. The summed E-state index contributed by atoms with van der Waals surface area (Å²) in [5.41, 5.74) is 1.02. The molecule has 1 unspecified atom stereocenters. The highest BCUT2D eigenvalue weighted by Gasteiger charge is 2.19. The minimum atomic E-state index is -0.169. The number of rotatable bonds is 5. The van der Waals surface area contributed by atoms with Gasteiger partial charge in [0.05, 0.1) is 11.6 Å². The number of pyridine rings is 1. The van der Waals surface area contributed by atoms with E-state index in [1.165, 1.54) is 0 Å². The Morgan fingerprint density at radius 1 is 1.25 bits per heavy atom. The largest absolute Gasteiger partial charge is 0.334 e. The molecule has 0 saturated carbocycles. The fourth-order valence-corrected chi connectivity index (χ4v) is 2.42. The van der Waals surface area contributed by atoms with Gasteiger partial charge in [-0.1, -0.05) is 19.0 Å². The van der Waals surface area contributed by atoms with E-state index in [-0.39, 0.29) is 17.4 Å². The summed E-state index contributed by atoms with van der Waals surface area (Å²) in [4.78, 5) is 25.2. The monoisotopic (exact) mass is 325 g/mol. The van der Waals surface area contributed by atoms with E-state index in [1.54, 1.807) is 35.4 Å². The van der Waals surface area contributed by atoms with Crippen molar-refractivity contribution in [3.05, 3.63) is 58.8 Å². The van der Waals surface area contributed by atoms with Crippen LogP contribution in [-0.4, -0.2) is 24.7 Å². The topological polar surface area (TPSA) is 86.7 Å². The first-order chi connectivity index (χ1) is 11.6. The average molecular weight is 325 g/mol. The van der Waals surface area contributed by atoms with E-state index in [9.17, 15) is 4.79 Å². The molecule has 0 aliphatic carbocycles. The van der Waals surface area contributed by atoms with Crippen LogP contribution in [0, 0.1) is 5.92 Å². The Bertz CT molecular complexity index is 870. The first kappa shape index (κ1) is 16.0. The third-order valence-electron chi connectivity index (χ3n) is 3.67. The summed E-state index contributed by atoms with van der Waals surface area (Å²) in [6.45, 7) is 6.68. The Morgan fingerprint density at radius 2 is 2.08 bits per heavy atom. The Balaban J connectivity index is 1.93. The van der Waals surface area contributed by atoms with Gasteiger partial charge in [0.2, 0.25) is 0 Å². The van der Waals surface area contributed by atoms with E-state index in [2.05, 4.69) is 34.0 Å². The number of hydrogen-bond acceptors (Lipinski definition) is 6. The second-order valence-electron chi connectivity index (χ2n) is 6.08. The van der Waals surface area contributed by atoms with Crippen LogP contribution in [0.1, 0.15) is 38.2 Å². The third kappa shape index (κ3) is 3.24. The molecular formula is C17H19N5O2. The molecule has 0 spiro atoms. The maximum atomic E-state index is 12.6. The molecule has 0 aromatic carbocycles. The second kappa shape index (κ2) is 6.74. The molecule has 3 rings (SSSR count). The van der Waals surface area contributed by atoms with Crippen molar-refractivity contribution in [2.24, 2.45) is 5.92 Å². The molecule has 0 N–H and O–H groups in total. The Hall–Kier alpha value is -2.83. The molecule has 7 heteroatoms. The number of hydrogen-bond donors (Lipinski definition) is 0. The maximum Gasteiger partial charge on any atom is 0.263 e. The molecule has 0 saturated heterocycles. The minimum Gasteiger partial charge on any atom is -0.334 e. The van der Waals surface area contributed by atoms with Crippen LogP contribution in [0.3, 0.4) is 0 Å². The zero-order chi connectivity index (χ0) is 17.1. The molecular weight excluding hydrogens is 306 g/mol. The van der Waals surface area contributed by atoms with Gasteiger partial charge in [-0.3, -0.25) is 14.8 Å². The van der Waals surface area contributed by atoms with Crippen LogP contribution >= 0.6 is 0 Å². The van der Waals surface area contributed by atoms with Gasteiger partial charge >= 0.3 is 0 Å². The van der Waals surface area contributed by atoms with Gasteiger partial charge in [0.1, 0.15) is 5.56 Å². The first-order valence-electron chi connectivity index (χ1n) is 7.85. The maximum absolute atomic E-state index is 12.6. The van der Waals surface area contributed by atoms with E-state index in [0.29, 0.717) is 23.9 Å². The van der Waals surface area contributed by atoms with Crippen LogP contribution in [0.15, 0.2) is 46.2 Å². The molecule has 0 aliphatic heterocycles. The van der Waals surface area contributed by atoms with E-state index in [1.807, 2.05) is 13.0 Å². The van der Waals surface area contributed by atoms with Gasteiger partial charge in [0, 0.05) is 31.3 Å². The highest BCUT2D eigenvalue weighted by molar-refractivity contribution is 5.50. The standard InChI is InChI=1S/C17H19N5O2/c1-11(2)10-22-8-4-5-13(17(22)23)16-20-15(21-24-16)12(3)14-9-18-6-7-19-14/h4-9,11-12H,10H2,1-3H3. The highest BCUT2D eigenvalue weighted by atomic mass is 16.5. The smallest absolute Gasteiger partial charge is 0.263 e. The molecule has 1 atom stereocenters. The summed E-state index contributed by atoms with van der Waals surface area (Å²) in [6, 6.07) is 3.51. The van der Waals surface area contributed by atoms with E-state index >= 15 is 0 Å². The van der Waals surface area contributed by atoms with Crippen molar-refractivity contribution in [2.45, 2.75) is 33.2 Å². The summed E-state index contributed by atoms with van der Waals surface area (Å²) >= 11 is 0. The van der Waals surface area contributed by atoms with Gasteiger partial charge in [-0.05, 0) is 25.0 Å². The van der Waals surface area contributed by atoms with Gasteiger partial charge in [-0.25, -0.2) is 0 Å². The van der Waals surface area contributed by atoms with Crippen molar-refractivity contribution in [3.63, 3.8) is 0 Å². The van der Waals surface area contributed by atoms with Gasteiger partial charge in [0.25, 0.3) is 11.4 Å². The average Bonchev–Trinajstić information content (AvgIpc) is 3.06. The summed E-state index contributed by atoms with van der Waals surface area (Å²) in [6.07, 6.45) is 6.66. The van der Waals surface area contributed by atoms with Crippen molar-refractivity contribution in [1.29, 1.82) is 0 Å². The van der Waals surface area contributed by atoms with E-state index < -0.39 is 0 Å². The van der Waals surface area contributed by atoms with Crippen LogP contribution in [0.4, 0.5) is 0 Å². The lowest BCUT2D eigenvalue weighted by atomic mass is 10.1. The SMILES string of the molecule is CC(C)Cn1cccc(-c2nc(C(C)c3cnccn3)no2)c1=O. The van der Waals surface area contributed by atoms with Crippen molar-refractivity contribution in [2.75, 3.05) is 0 Å². The van der Waals surface area contributed by atoms with Gasteiger partial charge in [0.15, 0.2) is 5.82 Å². The molecule has 3 heterocycles. The third-order valence-corrected chi connectivity index (χ3v) is 3.67. The summed E-state index contributed by atoms with van der Waals surface area (Å²) in [7, 11) is 0. The van der Waals surface area contributed by atoms with E-state index in [4.69, 9.17) is 4.52 Å². The summed E-state index contributed by atoms with van der Waals surface area (Å²) < 4.78 is 6.97. The normalized spacial score (nSPS) is 12.5. The molecule has 7 nitrogen and oxygen atoms in total.